The number of hydrazine groups is 1. The van der Waals surface area contributed by atoms with E-state index in [1.54, 1.807) is 6.07 Å². The van der Waals surface area contributed by atoms with Crippen LogP contribution in [0.4, 0.5) is 0 Å². The molecule has 0 amide bonds. The van der Waals surface area contributed by atoms with E-state index in [0.29, 0.717) is 22.0 Å². The molecule has 0 spiro atoms. The van der Waals surface area contributed by atoms with Crippen LogP contribution in [0.25, 0.3) is 11.0 Å². The van der Waals surface area contributed by atoms with Gasteiger partial charge in [-0.1, -0.05) is 53.5 Å². The Hall–Kier alpha value is -1.52. The minimum Gasteiger partial charge on any atom is -0.458 e. The molecule has 2 aromatic carbocycles. The minimum atomic E-state index is -0.173. The van der Waals surface area contributed by atoms with Gasteiger partial charge in [0.2, 0.25) is 0 Å². The van der Waals surface area contributed by atoms with E-state index in [2.05, 4.69) is 5.43 Å². The fraction of sp³-hybridized carbons (Fsp3) is 0.125. The molecule has 1 atom stereocenters. The predicted octanol–water partition coefficient (Wildman–Crippen LogP) is 4.49. The predicted molar refractivity (Wildman–Crippen MR) is 86.4 cm³/mol. The first-order chi connectivity index (χ1) is 10.2. The maximum Gasteiger partial charge on any atom is 0.152 e. The molecule has 1 heterocycles. The highest BCUT2D eigenvalue weighted by Crippen LogP contribution is 2.31. The first-order valence-corrected chi connectivity index (χ1v) is 7.32. The summed E-state index contributed by atoms with van der Waals surface area (Å²) in [7, 11) is 0. The molecule has 0 fully saturated rings. The van der Waals surface area contributed by atoms with Crippen LogP contribution in [0.3, 0.4) is 0 Å². The number of nitrogens with two attached hydrogens (primary N) is 1. The van der Waals surface area contributed by atoms with Crippen LogP contribution in [-0.2, 0) is 6.42 Å². The molecule has 21 heavy (non-hydrogen) atoms. The van der Waals surface area contributed by atoms with E-state index in [1.165, 1.54) is 0 Å². The first kappa shape index (κ1) is 14.4. The Bertz CT molecular complexity index is 770. The number of hydrogen-bond donors (Lipinski definition) is 2. The molecule has 3 rings (SSSR count). The van der Waals surface area contributed by atoms with Crippen LogP contribution in [0.2, 0.25) is 10.0 Å². The molecular weight excluding hydrogens is 307 g/mol. The summed E-state index contributed by atoms with van der Waals surface area (Å²) in [5.74, 6) is 6.41. The smallest absolute Gasteiger partial charge is 0.152 e. The number of nitrogens with one attached hydrogen (secondary N) is 1. The van der Waals surface area contributed by atoms with E-state index in [0.717, 1.165) is 16.7 Å². The maximum atomic E-state index is 6.20. The zero-order chi connectivity index (χ0) is 14.8. The molecule has 1 aromatic heterocycles. The number of fused-ring (bicyclic) bond motifs is 1. The van der Waals surface area contributed by atoms with Gasteiger partial charge in [-0.15, -0.1) is 0 Å². The second-order valence-electron chi connectivity index (χ2n) is 4.82. The quantitative estimate of drug-likeness (QED) is 0.550. The molecule has 3 aromatic rings. The summed E-state index contributed by atoms with van der Waals surface area (Å²) in [6.45, 7) is 0. The molecule has 0 bridgehead atoms. The van der Waals surface area contributed by atoms with E-state index >= 15 is 0 Å². The van der Waals surface area contributed by atoms with Gasteiger partial charge >= 0.3 is 0 Å². The summed E-state index contributed by atoms with van der Waals surface area (Å²) in [4.78, 5) is 0. The summed E-state index contributed by atoms with van der Waals surface area (Å²) in [5.41, 5.74) is 4.46. The van der Waals surface area contributed by atoms with Gasteiger partial charge in [-0.2, -0.15) is 0 Å². The van der Waals surface area contributed by atoms with Gasteiger partial charge in [0.1, 0.15) is 5.76 Å². The Labute approximate surface area is 132 Å². The van der Waals surface area contributed by atoms with Gasteiger partial charge in [0, 0.05) is 10.4 Å². The number of benzene rings is 2. The van der Waals surface area contributed by atoms with Crippen molar-refractivity contribution in [3.8, 4) is 0 Å². The van der Waals surface area contributed by atoms with Crippen LogP contribution < -0.4 is 11.3 Å². The number of para-hydroxylation sites is 1. The second-order valence-corrected chi connectivity index (χ2v) is 5.64. The van der Waals surface area contributed by atoms with Crippen molar-refractivity contribution in [1.29, 1.82) is 0 Å². The highest BCUT2D eigenvalue weighted by molar-refractivity contribution is 6.34. The number of halogens is 2. The van der Waals surface area contributed by atoms with Gasteiger partial charge in [-0.25, -0.2) is 5.43 Å². The van der Waals surface area contributed by atoms with E-state index in [-0.39, 0.29) is 6.04 Å². The average molecular weight is 321 g/mol. The highest BCUT2D eigenvalue weighted by atomic mass is 35.5. The van der Waals surface area contributed by atoms with Crippen LogP contribution in [0.5, 0.6) is 0 Å². The summed E-state index contributed by atoms with van der Waals surface area (Å²) in [6, 6.07) is 15.1. The molecule has 3 N–H and O–H groups in total. The molecule has 3 nitrogen and oxygen atoms in total. The summed E-state index contributed by atoms with van der Waals surface area (Å²) < 4.78 is 5.85. The standard InChI is InChI=1S/C16H14Cl2N2O/c17-12-6-2-1-4-10(12)8-14(20-19)15-9-11-5-3-7-13(18)16(11)21-15/h1-7,9,14,20H,8,19H2. The van der Waals surface area contributed by atoms with Crippen molar-refractivity contribution in [3.05, 3.63) is 69.9 Å². The van der Waals surface area contributed by atoms with E-state index in [1.807, 2.05) is 42.5 Å². The zero-order valence-electron chi connectivity index (χ0n) is 11.1. The monoisotopic (exact) mass is 320 g/mol. The van der Waals surface area contributed by atoms with Crippen molar-refractivity contribution in [1.82, 2.24) is 5.43 Å². The molecule has 5 heteroatoms. The van der Waals surface area contributed by atoms with E-state index in [9.17, 15) is 0 Å². The Balaban J connectivity index is 1.95. The normalized spacial score (nSPS) is 12.7. The molecule has 0 aliphatic rings. The molecule has 0 aliphatic heterocycles. The molecular formula is C16H14Cl2N2O. The third kappa shape index (κ3) is 2.92. The van der Waals surface area contributed by atoms with Gasteiger partial charge in [-0.05, 0) is 30.2 Å². The average Bonchev–Trinajstić information content (AvgIpc) is 2.92. The van der Waals surface area contributed by atoms with E-state index < -0.39 is 0 Å². The van der Waals surface area contributed by atoms with Gasteiger partial charge < -0.3 is 4.42 Å². The Morgan fingerprint density at radius 3 is 2.52 bits per heavy atom. The number of furan rings is 1. The molecule has 0 saturated heterocycles. The minimum absolute atomic E-state index is 0.173. The van der Waals surface area contributed by atoms with Crippen molar-refractivity contribution in [3.63, 3.8) is 0 Å². The van der Waals surface area contributed by atoms with Crippen molar-refractivity contribution >= 4 is 34.2 Å². The van der Waals surface area contributed by atoms with Crippen LogP contribution in [0.1, 0.15) is 17.4 Å². The van der Waals surface area contributed by atoms with Crippen molar-refractivity contribution in [2.75, 3.05) is 0 Å². The Kier molecular flexibility index (Phi) is 4.17. The SMILES string of the molecule is NNC(Cc1ccccc1Cl)c1cc2cccc(Cl)c2o1. The van der Waals surface area contributed by atoms with Gasteiger partial charge in [0.15, 0.2) is 5.58 Å². The summed E-state index contributed by atoms with van der Waals surface area (Å²) in [5, 5.41) is 2.26. The maximum absolute atomic E-state index is 6.20. The van der Waals surface area contributed by atoms with Crippen LogP contribution in [-0.4, -0.2) is 0 Å². The second kappa shape index (κ2) is 6.08. The van der Waals surface area contributed by atoms with Crippen molar-refractivity contribution in [2.24, 2.45) is 5.84 Å². The van der Waals surface area contributed by atoms with Gasteiger partial charge in [0.25, 0.3) is 0 Å². The van der Waals surface area contributed by atoms with Crippen LogP contribution in [0, 0.1) is 0 Å². The first-order valence-electron chi connectivity index (χ1n) is 6.56. The summed E-state index contributed by atoms with van der Waals surface area (Å²) >= 11 is 12.3. The molecule has 0 saturated carbocycles. The Morgan fingerprint density at radius 1 is 1.05 bits per heavy atom. The highest BCUT2D eigenvalue weighted by Gasteiger charge is 2.17. The lowest BCUT2D eigenvalue weighted by molar-refractivity contribution is 0.434. The molecule has 108 valence electrons. The fourth-order valence-corrected chi connectivity index (χ4v) is 2.78. The van der Waals surface area contributed by atoms with E-state index in [4.69, 9.17) is 33.5 Å². The topological polar surface area (TPSA) is 51.2 Å². The van der Waals surface area contributed by atoms with Gasteiger partial charge in [0.05, 0.1) is 11.1 Å². The molecule has 1 unspecified atom stereocenters. The van der Waals surface area contributed by atoms with Crippen LogP contribution >= 0.6 is 23.2 Å². The Morgan fingerprint density at radius 2 is 1.81 bits per heavy atom. The van der Waals surface area contributed by atoms with Crippen molar-refractivity contribution in [2.45, 2.75) is 12.5 Å². The van der Waals surface area contributed by atoms with Gasteiger partial charge in [-0.3, -0.25) is 5.84 Å². The van der Waals surface area contributed by atoms with Crippen LogP contribution in [0.15, 0.2) is 52.9 Å². The largest absolute Gasteiger partial charge is 0.458 e. The zero-order valence-corrected chi connectivity index (χ0v) is 12.7. The lowest BCUT2D eigenvalue weighted by Gasteiger charge is -2.14. The molecule has 0 aliphatic carbocycles. The lowest BCUT2D eigenvalue weighted by atomic mass is 10.0. The fourth-order valence-electron chi connectivity index (χ4n) is 2.34. The van der Waals surface area contributed by atoms with Crippen molar-refractivity contribution < 1.29 is 4.42 Å². The third-order valence-corrected chi connectivity index (χ3v) is 4.11. The number of rotatable bonds is 4. The molecule has 0 radical (unpaired) electrons. The number of hydrogen-bond acceptors (Lipinski definition) is 3. The lowest BCUT2D eigenvalue weighted by Crippen LogP contribution is -2.29. The summed E-state index contributed by atoms with van der Waals surface area (Å²) in [6.07, 6.45) is 0.633. The third-order valence-electron chi connectivity index (χ3n) is 3.44.